The molecule has 3 aromatic rings. The van der Waals surface area contributed by atoms with E-state index in [0.29, 0.717) is 29.3 Å². The van der Waals surface area contributed by atoms with E-state index < -0.39 is 0 Å². The van der Waals surface area contributed by atoms with Gasteiger partial charge < -0.3 is 10.6 Å². The highest BCUT2D eigenvalue weighted by Crippen LogP contribution is 2.23. The number of anilines is 2. The van der Waals surface area contributed by atoms with Crippen LogP contribution in [-0.4, -0.2) is 51.6 Å². The molecule has 1 aliphatic rings. The lowest BCUT2D eigenvalue weighted by atomic mass is 10.1. The zero-order valence-corrected chi connectivity index (χ0v) is 16.5. The Morgan fingerprint density at radius 2 is 1.83 bits per heavy atom. The van der Waals surface area contributed by atoms with Crippen molar-refractivity contribution in [2.75, 3.05) is 24.2 Å². The van der Waals surface area contributed by atoms with Crippen LogP contribution >= 0.6 is 0 Å². The Kier molecular flexibility index (Phi) is 5.44. The number of carbonyl (C=O) groups excluding carboxylic acids is 2. The number of H-pyrrole nitrogens is 1. The largest absolute Gasteiger partial charge is 0.348 e. The Morgan fingerprint density at radius 3 is 2.47 bits per heavy atom. The highest BCUT2D eigenvalue weighted by atomic mass is 16.2. The molecule has 1 atom stereocenters. The highest BCUT2D eigenvalue weighted by molar-refractivity contribution is 5.95. The Morgan fingerprint density at radius 1 is 1.13 bits per heavy atom. The third-order valence-corrected chi connectivity index (χ3v) is 5.26. The van der Waals surface area contributed by atoms with Crippen molar-refractivity contribution in [2.24, 2.45) is 0 Å². The van der Waals surface area contributed by atoms with Gasteiger partial charge in [0.1, 0.15) is 0 Å². The SMILES string of the molecule is CN1CCC[C@H]1C(=O)Nc1ccc(-c2n[nH]c(=O)n2-c2ccc(NC=O)cc2)cc1. The van der Waals surface area contributed by atoms with Gasteiger partial charge in [0.2, 0.25) is 12.3 Å². The number of benzene rings is 2. The minimum Gasteiger partial charge on any atom is -0.329 e. The summed E-state index contributed by atoms with van der Waals surface area (Å²) in [7, 11) is 1.96. The molecular formula is C21H22N6O3. The zero-order chi connectivity index (χ0) is 21.1. The van der Waals surface area contributed by atoms with Crippen LogP contribution in [-0.2, 0) is 9.59 Å². The Labute approximate surface area is 172 Å². The van der Waals surface area contributed by atoms with Crippen molar-refractivity contribution in [3.8, 4) is 17.1 Å². The maximum atomic E-state index is 12.5. The van der Waals surface area contributed by atoms with Crippen molar-refractivity contribution < 1.29 is 9.59 Å². The lowest BCUT2D eigenvalue weighted by Gasteiger charge is -2.18. The van der Waals surface area contributed by atoms with Crippen LogP contribution in [0.2, 0.25) is 0 Å². The number of aromatic nitrogens is 3. The van der Waals surface area contributed by atoms with Crippen LogP contribution in [0, 0.1) is 0 Å². The van der Waals surface area contributed by atoms with Gasteiger partial charge in [0, 0.05) is 16.9 Å². The summed E-state index contributed by atoms with van der Waals surface area (Å²) in [5.74, 6) is 0.438. The monoisotopic (exact) mass is 406 g/mol. The number of likely N-dealkylation sites (tertiary alicyclic amines) is 1. The molecule has 0 aliphatic carbocycles. The Hall–Kier alpha value is -3.72. The number of nitrogens with zero attached hydrogens (tertiary/aromatic N) is 3. The predicted molar refractivity (Wildman–Crippen MR) is 114 cm³/mol. The maximum absolute atomic E-state index is 12.5. The minimum atomic E-state index is -0.372. The summed E-state index contributed by atoms with van der Waals surface area (Å²) in [6.45, 7) is 0.930. The minimum absolute atomic E-state index is 0.0107. The maximum Gasteiger partial charge on any atom is 0.348 e. The quantitative estimate of drug-likeness (QED) is 0.541. The van der Waals surface area contributed by atoms with Crippen molar-refractivity contribution >= 4 is 23.7 Å². The van der Waals surface area contributed by atoms with Crippen LogP contribution in [0.4, 0.5) is 11.4 Å². The molecule has 154 valence electrons. The number of hydrogen-bond donors (Lipinski definition) is 3. The molecule has 1 aliphatic heterocycles. The normalized spacial score (nSPS) is 16.4. The average molecular weight is 406 g/mol. The van der Waals surface area contributed by atoms with Crippen molar-refractivity contribution in [3.63, 3.8) is 0 Å². The highest BCUT2D eigenvalue weighted by Gasteiger charge is 2.27. The molecule has 0 unspecified atom stereocenters. The summed E-state index contributed by atoms with van der Waals surface area (Å²) < 4.78 is 1.45. The van der Waals surface area contributed by atoms with Crippen LogP contribution in [0.15, 0.2) is 53.3 Å². The van der Waals surface area contributed by atoms with Gasteiger partial charge >= 0.3 is 5.69 Å². The number of carbonyl (C=O) groups is 2. The third-order valence-electron chi connectivity index (χ3n) is 5.26. The summed E-state index contributed by atoms with van der Waals surface area (Å²) in [6, 6.07) is 13.9. The number of rotatable bonds is 6. The van der Waals surface area contributed by atoms with E-state index >= 15 is 0 Å². The van der Waals surface area contributed by atoms with Crippen molar-refractivity contribution in [2.45, 2.75) is 18.9 Å². The first-order valence-corrected chi connectivity index (χ1v) is 9.66. The van der Waals surface area contributed by atoms with Crippen LogP contribution in [0.25, 0.3) is 17.1 Å². The van der Waals surface area contributed by atoms with E-state index in [1.807, 2.05) is 19.2 Å². The van der Waals surface area contributed by atoms with Gasteiger partial charge in [-0.25, -0.2) is 14.5 Å². The standard InChI is InChI=1S/C21H22N6O3/c1-26-12-2-3-18(26)20(29)23-16-6-4-14(5-7-16)19-24-25-21(30)27(19)17-10-8-15(9-11-17)22-13-28/h4-11,13,18H,2-3,12H2,1H3,(H,22,28)(H,23,29)(H,25,30)/t18-/m0/s1. The molecule has 1 saturated heterocycles. The van der Waals surface area contributed by atoms with Gasteiger partial charge in [-0.3, -0.25) is 14.5 Å². The molecule has 1 aromatic heterocycles. The number of aromatic amines is 1. The van der Waals surface area contributed by atoms with Crippen LogP contribution in [0.5, 0.6) is 0 Å². The molecule has 9 heteroatoms. The van der Waals surface area contributed by atoms with E-state index in [0.717, 1.165) is 24.9 Å². The second-order valence-corrected chi connectivity index (χ2v) is 7.20. The summed E-state index contributed by atoms with van der Waals surface area (Å²) in [6.07, 6.45) is 2.48. The van der Waals surface area contributed by atoms with Gasteiger partial charge in [0.05, 0.1) is 11.7 Å². The molecule has 4 rings (SSSR count). The Bertz CT molecular complexity index is 1100. The lowest BCUT2D eigenvalue weighted by molar-refractivity contribution is -0.120. The van der Waals surface area contributed by atoms with Crippen LogP contribution in [0.3, 0.4) is 0 Å². The van der Waals surface area contributed by atoms with Gasteiger partial charge in [-0.1, -0.05) is 0 Å². The van der Waals surface area contributed by atoms with Gasteiger partial charge in [0.25, 0.3) is 0 Å². The van der Waals surface area contributed by atoms with Gasteiger partial charge in [-0.05, 0) is 75.0 Å². The van der Waals surface area contributed by atoms with Crippen LogP contribution < -0.4 is 16.3 Å². The third kappa shape index (κ3) is 3.87. The molecule has 2 heterocycles. The number of nitrogens with one attached hydrogen (secondary N) is 3. The first-order chi connectivity index (χ1) is 14.6. The molecule has 0 saturated carbocycles. The van der Waals surface area contributed by atoms with E-state index in [1.54, 1.807) is 36.4 Å². The molecule has 30 heavy (non-hydrogen) atoms. The van der Waals surface area contributed by atoms with E-state index in [-0.39, 0.29) is 17.6 Å². The fourth-order valence-corrected chi connectivity index (χ4v) is 3.67. The molecule has 0 radical (unpaired) electrons. The number of amides is 2. The van der Waals surface area contributed by atoms with E-state index in [2.05, 4.69) is 25.7 Å². The molecule has 2 amide bonds. The molecule has 1 fully saturated rings. The Balaban J connectivity index is 1.56. The topological polar surface area (TPSA) is 112 Å². The van der Waals surface area contributed by atoms with Gasteiger partial charge in [0.15, 0.2) is 5.82 Å². The van der Waals surface area contributed by atoms with E-state index in [9.17, 15) is 14.4 Å². The second-order valence-electron chi connectivity index (χ2n) is 7.20. The molecule has 9 nitrogen and oxygen atoms in total. The van der Waals surface area contributed by atoms with Crippen molar-refractivity contribution in [1.29, 1.82) is 0 Å². The van der Waals surface area contributed by atoms with E-state index in [4.69, 9.17) is 0 Å². The molecule has 0 spiro atoms. The summed E-state index contributed by atoms with van der Waals surface area (Å²) in [5.41, 5.74) is 2.28. The van der Waals surface area contributed by atoms with Crippen LogP contribution in [0.1, 0.15) is 12.8 Å². The number of hydrogen-bond acceptors (Lipinski definition) is 5. The second kappa shape index (κ2) is 8.34. The van der Waals surface area contributed by atoms with Crippen molar-refractivity contribution in [1.82, 2.24) is 19.7 Å². The summed E-state index contributed by atoms with van der Waals surface area (Å²) in [5, 5.41) is 12.1. The molecule has 3 N–H and O–H groups in total. The average Bonchev–Trinajstić information content (AvgIpc) is 3.35. The van der Waals surface area contributed by atoms with Crippen molar-refractivity contribution in [3.05, 3.63) is 59.0 Å². The smallest absolute Gasteiger partial charge is 0.329 e. The first-order valence-electron chi connectivity index (χ1n) is 9.66. The summed E-state index contributed by atoms with van der Waals surface area (Å²) >= 11 is 0. The van der Waals surface area contributed by atoms with Gasteiger partial charge in [-0.2, -0.15) is 5.10 Å². The fraction of sp³-hybridized carbons (Fsp3) is 0.238. The van der Waals surface area contributed by atoms with E-state index in [1.165, 1.54) is 4.57 Å². The lowest BCUT2D eigenvalue weighted by Crippen LogP contribution is -2.37. The molecule has 2 aromatic carbocycles. The summed E-state index contributed by atoms with van der Waals surface area (Å²) in [4.78, 5) is 37.4. The molecule has 0 bridgehead atoms. The van der Waals surface area contributed by atoms with Gasteiger partial charge in [-0.15, -0.1) is 0 Å². The number of likely N-dealkylation sites (N-methyl/N-ethyl adjacent to an activating group) is 1. The first kappa shape index (κ1) is 19.6. The molecular weight excluding hydrogens is 384 g/mol. The predicted octanol–water partition coefficient (Wildman–Crippen LogP) is 1.83. The zero-order valence-electron chi connectivity index (χ0n) is 16.5. The fourth-order valence-electron chi connectivity index (χ4n) is 3.67.